The van der Waals surface area contributed by atoms with Gasteiger partial charge in [-0.3, -0.25) is 4.21 Å². The zero-order valence-corrected chi connectivity index (χ0v) is 9.11. The molecule has 1 unspecified atom stereocenters. The van der Waals surface area contributed by atoms with Crippen LogP contribution in [-0.2, 0) is 10.8 Å². The summed E-state index contributed by atoms with van der Waals surface area (Å²) in [7, 11) is -1.12. The Morgan fingerprint density at radius 2 is 2.07 bits per heavy atom. The van der Waals surface area contributed by atoms with Crippen molar-refractivity contribution >= 4 is 10.8 Å². The largest absolute Gasteiger partial charge is 0.387 e. The monoisotopic (exact) mass is 223 g/mol. The highest BCUT2D eigenvalue weighted by Gasteiger charge is 2.10. The van der Waals surface area contributed by atoms with Crippen LogP contribution in [0.1, 0.15) is 18.1 Å². The fraction of sp³-hybridized carbons (Fsp3) is 0.364. The van der Waals surface area contributed by atoms with E-state index in [9.17, 15) is 9.32 Å². The molecule has 0 aliphatic rings. The first kappa shape index (κ1) is 11.9. The van der Waals surface area contributed by atoms with E-state index in [4.69, 9.17) is 5.26 Å². The van der Waals surface area contributed by atoms with Crippen LogP contribution >= 0.6 is 0 Å². The lowest BCUT2D eigenvalue weighted by atomic mass is 10.1. The quantitative estimate of drug-likeness (QED) is 0.820. The van der Waals surface area contributed by atoms with Gasteiger partial charge < -0.3 is 5.11 Å². The van der Waals surface area contributed by atoms with E-state index in [1.165, 1.54) is 0 Å². The second kappa shape index (κ2) is 6.33. The van der Waals surface area contributed by atoms with Gasteiger partial charge in [-0.25, -0.2) is 0 Å². The highest BCUT2D eigenvalue weighted by molar-refractivity contribution is 7.85. The predicted octanol–water partition coefficient (Wildman–Crippen LogP) is 1.38. The highest BCUT2D eigenvalue weighted by Crippen LogP contribution is 2.13. The number of aliphatic hydroxyl groups excluding tert-OH is 1. The second-order valence-corrected chi connectivity index (χ2v) is 4.77. The molecule has 1 N–H and O–H groups in total. The van der Waals surface area contributed by atoms with E-state index in [1.807, 2.05) is 24.3 Å². The third-order valence-corrected chi connectivity index (χ3v) is 3.32. The summed E-state index contributed by atoms with van der Waals surface area (Å²) in [5, 5.41) is 18.0. The first-order valence-electron chi connectivity index (χ1n) is 4.69. The SMILES string of the molecule is N#CCCS(=O)C[C@@H](O)c1ccccc1. The molecule has 0 bridgehead atoms. The van der Waals surface area contributed by atoms with Crippen molar-refractivity contribution in [3.63, 3.8) is 0 Å². The smallest absolute Gasteiger partial charge is 0.0905 e. The number of hydrogen-bond acceptors (Lipinski definition) is 3. The van der Waals surface area contributed by atoms with Crippen molar-refractivity contribution in [1.29, 1.82) is 5.26 Å². The first-order chi connectivity index (χ1) is 7.24. The molecular formula is C11H13NO2S. The van der Waals surface area contributed by atoms with Crippen LogP contribution in [0.4, 0.5) is 0 Å². The van der Waals surface area contributed by atoms with Crippen LogP contribution in [0.25, 0.3) is 0 Å². The normalized spacial score (nSPS) is 14.1. The first-order valence-corrected chi connectivity index (χ1v) is 6.18. The molecule has 1 aromatic carbocycles. The molecule has 3 nitrogen and oxygen atoms in total. The number of benzene rings is 1. The Kier molecular flexibility index (Phi) is 5.02. The molecule has 1 rings (SSSR count). The van der Waals surface area contributed by atoms with Crippen LogP contribution in [0.5, 0.6) is 0 Å². The predicted molar refractivity (Wildman–Crippen MR) is 59.5 cm³/mol. The molecule has 80 valence electrons. The average Bonchev–Trinajstić information content (AvgIpc) is 2.27. The van der Waals surface area contributed by atoms with Gasteiger partial charge in [0.25, 0.3) is 0 Å². The van der Waals surface area contributed by atoms with E-state index in [1.54, 1.807) is 12.1 Å². The standard InChI is InChI=1S/C11H13NO2S/c12-7-4-8-15(14)9-11(13)10-5-2-1-3-6-10/h1-3,5-6,11,13H,4,8-9H2/t11-,15?/m1/s1. The lowest BCUT2D eigenvalue weighted by Crippen LogP contribution is -2.11. The molecule has 0 radical (unpaired) electrons. The molecule has 0 saturated carbocycles. The highest BCUT2D eigenvalue weighted by atomic mass is 32.2. The van der Waals surface area contributed by atoms with Crippen molar-refractivity contribution in [2.45, 2.75) is 12.5 Å². The van der Waals surface area contributed by atoms with E-state index < -0.39 is 16.9 Å². The summed E-state index contributed by atoms with van der Waals surface area (Å²) in [5.41, 5.74) is 0.766. The molecule has 0 spiro atoms. The Bertz CT molecular complexity index is 359. The second-order valence-electron chi connectivity index (χ2n) is 3.15. The summed E-state index contributed by atoms with van der Waals surface area (Å²) in [4.78, 5) is 0. The molecular weight excluding hydrogens is 210 g/mol. The minimum atomic E-state index is -1.12. The Morgan fingerprint density at radius 1 is 1.40 bits per heavy atom. The summed E-state index contributed by atoms with van der Waals surface area (Å²) in [5.74, 6) is 0.534. The average molecular weight is 223 g/mol. The van der Waals surface area contributed by atoms with Gasteiger partial charge in [0, 0.05) is 23.0 Å². The number of hydrogen-bond donors (Lipinski definition) is 1. The van der Waals surface area contributed by atoms with Crippen LogP contribution in [0, 0.1) is 11.3 Å². The number of nitriles is 1. The van der Waals surface area contributed by atoms with Crippen molar-refractivity contribution in [1.82, 2.24) is 0 Å². The molecule has 2 atom stereocenters. The van der Waals surface area contributed by atoms with Crippen LogP contribution < -0.4 is 0 Å². The van der Waals surface area contributed by atoms with Gasteiger partial charge >= 0.3 is 0 Å². The third kappa shape index (κ3) is 4.24. The Balaban J connectivity index is 2.46. The van der Waals surface area contributed by atoms with E-state index in [0.29, 0.717) is 5.75 Å². The van der Waals surface area contributed by atoms with Gasteiger partial charge in [0.1, 0.15) is 0 Å². The van der Waals surface area contributed by atoms with Gasteiger partial charge in [-0.1, -0.05) is 30.3 Å². The van der Waals surface area contributed by atoms with Crippen molar-refractivity contribution < 1.29 is 9.32 Å². The van der Waals surface area contributed by atoms with E-state index in [2.05, 4.69) is 0 Å². The van der Waals surface area contributed by atoms with Crippen molar-refractivity contribution in [3.05, 3.63) is 35.9 Å². The maximum atomic E-state index is 11.4. The van der Waals surface area contributed by atoms with E-state index in [0.717, 1.165) is 5.56 Å². The summed E-state index contributed by atoms with van der Waals surface area (Å²) in [6, 6.07) is 11.1. The lowest BCUT2D eigenvalue weighted by Gasteiger charge is -2.09. The fourth-order valence-electron chi connectivity index (χ4n) is 1.19. The van der Waals surface area contributed by atoms with E-state index in [-0.39, 0.29) is 12.2 Å². The van der Waals surface area contributed by atoms with Crippen molar-refractivity contribution in [3.8, 4) is 6.07 Å². The summed E-state index contributed by atoms with van der Waals surface area (Å²) >= 11 is 0. The van der Waals surface area contributed by atoms with Crippen molar-refractivity contribution in [2.75, 3.05) is 11.5 Å². The van der Waals surface area contributed by atoms with Crippen LogP contribution in [0.15, 0.2) is 30.3 Å². The molecule has 0 saturated heterocycles. The van der Waals surface area contributed by atoms with Gasteiger partial charge in [0.05, 0.1) is 17.9 Å². The van der Waals surface area contributed by atoms with Gasteiger partial charge in [-0.05, 0) is 5.56 Å². The Labute approximate surface area is 91.8 Å². The minimum absolute atomic E-state index is 0.200. The molecule has 0 aliphatic carbocycles. The third-order valence-electron chi connectivity index (χ3n) is 1.97. The topological polar surface area (TPSA) is 61.1 Å². The van der Waals surface area contributed by atoms with Crippen LogP contribution in [0.2, 0.25) is 0 Å². The van der Waals surface area contributed by atoms with Crippen molar-refractivity contribution in [2.24, 2.45) is 0 Å². The molecule has 0 fully saturated rings. The van der Waals surface area contributed by atoms with Gasteiger partial charge in [0.2, 0.25) is 0 Å². The maximum absolute atomic E-state index is 11.4. The lowest BCUT2D eigenvalue weighted by molar-refractivity contribution is 0.203. The Morgan fingerprint density at radius 3 is 2.67 bits per heavy atom. The summed E-state index contributed by atoms with van der Waals surface area (Å²) in [6.45, 7) is 0. The molecule has 0 aromatic heterocycles. The van der Waals surface area contributed by atoms with Gasteiger partial charge in [-0.15, -0.1) is 0 Å². The summed E-state index contributed by atoms with van der Waals surface area (Å²) in [6.07, 6.45) is -0.431. The Hall–Kier alpha value is -1.18. The summed E-state index contributed by atoms with van der Waals surface area (Å²) < 4.78 is 11.4. The molecule has 1 aromatic rings. The number of aliphatic hydroxyl groups is 1. The molecule has 15 heavy (non-hydrogen) atoms. The molecule has 0 heterocycles. The van der Waals surface area contributed by atoms with E-state index >= 15 is 0 Å². The van der Waals surface area contributed by atoms with Crippen LogP contribution in [-0.4, -0.2) is 20.8 Å². The number of rotatable bonds is 5. The fourth-order valence-corrected chi connectivity index (χ4v) is 2.22. The molecule has 0 aliphatic heterocycles. The molecule has 4 heteroatoms. The maximum Gasteiger partial charge on any atom is 0.0905 e. The number of nitrogens with zero attached hydrogens (tertiary/aromatic N) is 1. The van der Waals surface area contributed by atoms with Gasteiger partial charge in [0.15, 0.2) is 0 Å². The zero-order valence-electron chi connectivity index (χ0n) is 8.30. The van der Waals surface area contributed by atoms with Crippen LogP contribution in [0.3, 0.4) is 0 Å². The minimum Gasteiger partial charge on any atom is -0.387 e. The molecule has 0 amide bonds. The van der Waals surface area contributed by atoms with Gasteiger partial charge in [-0.2, -0.15) is 5.26 Å². The zero-order chi connectivity index (χ0) is 11.1.